The molecule has 0 radical (unpaired) electrons. The van der Waals surface area contributed by atoms with Gasteiger partial charge in [0.05, 0.1) is 5.56 Å². The van der Waals surface area contributed by atoms with E-state index in [1.54, 1.807) is 0 Å². The Morgan fingerprint density at radius 3 is 2.35 bits per heavy atom. The zero-order chi connectivity index (χ0) is 13.1. The number of benzene rings is 1. The van der Waals surface area contributed by atoms with Crippen molar-refractivity contribution in [3.8, 4) is 0 Å². The maximum absolute atomic E-state index is 13.2. The standard InChI is InChI=1S/C11H14F4N2/c12-9-6-7(10(17)2-1-5-16)3-4-8(9)11(13,14)15/h3-4,6,10H,1-2,5,16-17H2/t10-/m1/s1. The lowest BCUT2D eigenvalue weighted by molar-refractivity contribution is -0.140. The van der Waals surface area contributed by atoms with Gasteiger partial charge in [0.2, 0.25) is 0 Å². The van der Waals surface area contributed by atoms with Crippen LogP contribution < -0.4 is 11.5 Å². The molecule has 0 aliphatic carbocycles. The third kappa shape index (κ3) is 3.67. The van der Waals surface area contributed by atoms with Crippen molar-refractivity contribution in [2.45, 2.75) is 25.1 Å². The van der Waals surface area contributed by atoms with Gasteiger partial charge >= 0.3 is 6.18 Å². The molecule has 0 saturated heterocycles. The van der Waals surface area contributed by atoms with E-state index < -0.39 is 23.6 Å². The summed E-state index contributed by atoms with van der Waals surface area (Å²) < 4.78 is 50.1. The van der Waals surface area contributed by atoms with E-state index in [9.17, 15) is 17.6 Å². The second-order valence-electron chi connectivity index (χ2n) is 3.77. The molecule has 0 aromatic heterocycles. The molecule has 1 aromatic carbocycles. The van der Waals surface area contributed by atoms with E-state index in [2.05, 4.69) is 0 Å². The monoisotopic (exact) mass is 250 g/mol. The highest BCUT2D eigenvalue weighted by Crippen LogP contribution is 2.32. The molecular weight excluding hydrogens is 236 g/mol. The SMILES string of the molecule is NCCC[C@@H](N)c1ccc(C(F)(F)F)c(F)c1. The Bertz CT molecular complexity index is 376. The number of halogens is 4. The minimum absolute atomic E-state index is 0.351. The maximum atomic E-state index is 13.2. The van der Waals surface area contributed by atoms with Gasteiger partial charge in [0, 0.05) is 6.04 Å². The Kier molecular flexibility index (Phi) is 4.47. The van der Waals surface area contributed by atoms with E-state index in [1.165, 1.54) is 6.07 Å². The fraction of sp³-hybridized carbons (Fsp3) is 0.455. The summed E-state index contributed by atoms with van der Waals surface area (Å²) in [7, 11) is 0. The van der Waals surface area contributed by atoms with Gasteiger partial charge < -0.3 is 11.5 Å². The van der Waals surface area contributed by atoms with Gasteiger partial charge in [-0.3, -0.25) is 0 Å². The molecule has 1 aromatic rings. The van der Waals surface area contributed by atoms with Crippen LogP contribution in [0.4, 0.5) is 17.6 Å². The topological polar surface area (TPSA) is 52.0 Å². The fourth-order valence-corrected chi connectivity index (χ4v) is 1.50. The number of hydrogen-bond acceptors (Lipinski definition) is 2. The van der Waals surface area contributed by atoms with Crippen LogP contribution in [0.2, 0.25) is 0 Å². The highest BCUT2D eigenvalue weighted by Gasteiger charge is 2.34. The molecule has 6 heteroatoms. The van der Waals surface area contributed by atoms with Crippen LogP contribution in [0.3, 0.4) is 0 Å². The Labute approximate surface area is 96.6 Å². The second-order valence-corrected chi connectivity index (χ2v) is 3.77. The molecule has 96 valence electrons. The van der Waals surface area contributed by atoms with Crippen LogP contribution in [0.15, 0.2) is 18.2 Å². The van der Waals surface area contributed by atoms with Gasteiger partial charge in [0.15, 0.2) is 0 Å². The Hall–Kier alpha value is -1.14. The molecule has 4 N–H and O–H groups in total. The van der Waals surface area contributed by atoms with Crippen molar-refractivity contribution in [2.24, 2.45) is 11.5 Å². The summed E-state index contributed by atoms with van der Waals surface area (Å²) in [6.45, 7) is 0.441. The van der Waals surface area contributed by atoms with Crippen LogP contribution in [0.25, 0.3) is 0 Å². The molecule has 0 amide bonds. The molecule has 17 heavy (non-hydrogen) atoms. The number of hydrogen-bond donors (Lipinski definition) is 2. The highest BCUT2D eigenvalue weighted by molar-refractivity contribution is 5.28. The largest absolute Gasteiger partial charge is 0.419 e. The normalized spacial score (nSPS) is 13.8. The summed E-state index contributed by atoms with van der Waals surface area (Å²) >= 11 is 0. The summed E-state index contributed by atoms with van der Waals surface area (Å²) in [6, 6.07) is 2.26. The summed E-state index contributed by atoms with van der Waals surface area (Å²) in [4.78, 5) is 0. The van der Waals surface area contributed by atoms with Crippen LogP contribution in [0.5, 0.6) is 0 Å². The van der Waals surface area contributed by atoms with E-state index in [1.807, 2.05) is 0 Å². The molecule has 0 aliphatic rings. The molecule has 0 saturated carbocycles. The average Bonchev–Trinajstić information content (AvgIpc) is 2.23. The minimum atomic E-state index is -4.68. The average molecular weight is 250 g/mol. The van der Waals surface area contributed by atoms with Gasteiger partial charge in [0.1, 0.15) is 5.82 Å². The first-order valence-electron chi connectivity index (χ1n) is 5.18. The Balaban J connectivity index is 2.89. The Morgan fingerprint density at radius 2 is 1.88 bits per heavy atom. The predicted octanol–water partition coefficient (Wildman–Crippen LogP) is 2.58. The molecule has 2 nitrogen and oxygen atoms in total. The molecule has 1 rings (SSSR count). The second kappa shape index (κ2) is 5.46. The van der Waals surface area contributed by atoms with Gasteiger partial charge in [-0.15, -0.1) is 0 Å². The van der Waals surface area contributed by atoms with E-state index in [-0.39, 0.29) is 0 Å². The molecule has 1 atom stereocenters. The lowest BCUT2D eigenvalue weighted by Crippen LogP contribution is -2.14. The molecule has 0 bridgehead atoms. The first kappa shape index (κ1) is 13.9. The van der Waals surface area contributed by atoms with Crippen LogP contribution in [0.1, 0.15) is 30.0 Å². The van der Waals surface area contributed by atoms with E-state index in [0.29, 0.717) is 31.0 Å². The predicted molar refractivity (Wildman–Crippen MR) is 56.6 cm³/mol. The molecule has 0 spiro atoms. The van der Waals surface area contributed by atoms with Gasteiger partial charge in [-0.05, 0) is 37.1 Å². The van der Waals surface area contributed by atoms with Gasteiger partial charge in [0.25, 0.3) is 0 Å². The number of alkyl halides is 3. The summed E-state index contributed by atoms with van der Waals surface area (Å²) in [5.74, 6) is -1.29. The molecule has 0 unspecified atom stereocenters. The maximum Gasteiger partial charge on any atom is 0.419 e. The van der Waals surface area contributed by atoms with Gasteiger partial charge in [-0.25, -0.2) is 4.39 Å². The fourth-order valence-electron chi connectivity index (χ4n) is 1.50. The van der Waals surface area contributed by atoms with E-state index in [4.69, 9.17) is 11.5 Å². The molecule has 0 fully saturated rings. The van der Waals surface area contributed by atoms with Crippen molar-refractivity contribution in [2.75, 3.05) is 6.54 Å². The molecule has 0 heterocycles. The third-order valence-corrected chi connectivity index (χ3v) is 2.45. The van der Waals surface area contributed by atoms with Crippen molar-refractivity contribution in [1.82, 2.24) is 0 Å². The van der Waals surface area contributed by atoms with Crippen molar-refractivity contribution in [3.63, 3.8) is 0 Å². The summed E-state index contributed by atoms with van der Waals surface area (Å²) in [5, 5.41) is 0. The lowest BCUT2D eigenvalue weighted by atomic mass is 10.0. The van der Waals surface area contributed by atoms with E-state index >= 15 is 0 Å². The number of rotatable bonds is 4. The van der Waals surface area contributed by atoms with Crippen LogP contribution in [-0.2, 0) is 6.18 Å². The quantitative estimate of drug-likeness (QED) is 0.807. The van der Waals surface area contributed by atoms with Crippen molar-refractivity contribution in [3.05, 3.63) is 35.1 Å². The third-order valence-electron chi connectivity index (χ3n) is 2.45. The molecular formula is C11H14F4N2. The van der Waals surface area contributed by atoms with Crippen LogP contribution >= 0.6 is 0 Å². The van der Waals surface area contributed by atoms with Crippen LogP contribution in [0, 0.1) is 5.82 Å². The van der Waals surface area contributed by atoms with Crippen LogP contribution in [-0.4, -0.2) is 6.54 Å². The highest BCUT2D eigenvalue weighted by atomic mass is 19.4. The first-order valence-corrected chi connectivity index (χ1v) is 5.18. The zero-order valence-electron chi connectivity index (χ0n) is 9.10. The summed E-state index contributed by atoms with van der Waals surface area (Å²) in [5.41, 5.74) is 10.1. The summed E-state index contributed by atoms with van der Waals surface area (Å²) in [6.07, 6.45) is -3.52. The number of nitrogens with two attached hydrogens (primary N) is 2. The van der Waals surface area contributed by atoms with Gasteiger partial charge in [-0.2, -0.15) is 13.2 Å². The van der Waals surface area contributed by atoms with E-state index in [0.717, 1.165) is 6.07 Å². The van der Waals surface area contributed by atoms with Crippen molar-refractivity contribution < 1.29 is 17.6 Å². The van der Waals surface area contributed by atoms with Crippen molar-refractivity contribution >= 4 is 0 Å². The Morgan fingerprint density at radius 1 is 1.24 bits per heavy atom. The lowest BCUT2D eigenvalue weighted by Gasteiger charge is -2.14. The van der Waals surface area contributed by atoms with Gasteiger partial charge in [-0.1, -0.05) is 6.07 Å². The zero-order valence-corrected chi connectivity index (χ0v) is 9.10. The smallest absolute Gasteiger partial charge is 0.330 e. The van der Waals surface area contributed by atoms with Crippen molar-refractivity contribution in [1.29, 1.82) is 0 Å². The molecule has 0 aliphatic heterocycles. The first-order chi connectivity index (χ1) is 7.86. The minimum Gasteiger partial charge on any atom is -0.330 e.